The summed E-state index contributed by atoms with van der Waals surface area (Å²) in [6.07, 6.45) is 2.02. The van der Waals surface area contributed by atoms with E-state index < -0.39 is 5.97 Å². The lowest BCUT2D eigenvalue weighted by Gasteiger charge is -2.30. The number of rotatable bonds is 4. The van der Waals surface area contributed by atoms with Crippen molar-refractivity contribution in [3.63, 3.8) is 0 Å². The lowest BCUT2D eigenvalue weighted by molar-refractivity contribution is 0.0697. The number of aromatic nitrogens is 2. The summed E-state index contributed by atoms with van der Waals surface area (Å²) in [6.45, 7) is 4.64. The van der Waals surface area contributed by atoms with E-state index in [9.17, 15) is 4.79 Å². The Morgan fingerprint density at radius 2 is 2.00 bits per heavy atom. The molecule has 1 aromatic heterocycles. The van der Waals surface area contributed by atoms with Crippen LogP contribution >= 0.6 is 0 Å². The first kappa shape index (κ1) is 14.7. The van der Waals surface area contributed by atoms with Crippen LogP contribution in [-0.4, -0.2) is 39.2 Å². The van der Waals surface area contributed by atoms with Crippen LogP contribution in [0.3, 0.4) is 0 Å². The fourth-order valence-electron chi connectivity index (χ4n) is 2.83. The van der Waals surface area contributed by atoms with E-state index in [1.54, 1.807) is 12.1 Å². The van der Waals surface area contributed by atoms with Crippen LogP contribution in [0, 0.1) is 6.92 Å². The summed E-state index contributed by atoms with van der Waals surface area (Å²) in [4.78, 5) is 17.5. The highest BCUT2D eigenvalue weighted by Crippen LogP contribution is 2.27. The van der Waals surface area contributed by atoms with Crippen LogP contribution in [0.1, 0.15) is 46.4 Å². The predicted octanol–water partition coefficient (Wildman–Crippen LogP) is 2.46. The van der Waals surface area contributed by atoms with Gasteiger partial charge in [-0.25, -0.2) is 4.79 Å². The van der Waals surface area contributed by atoms with Crippen LogP contribution in [-0.2, 0) is 6.54 Å². The van der Waals surface area contributed by atoms with E-state index in [-0.39, 0.29) is 0 Å². The minimum Gasteiger partial charge on any atom is -0.478 e. The summed E-state index contributed by atoms with van der Waals surface area (Å²) in [5, 5.41) is 12.8. The highest BCUT2D eigenvalue weighted by molar-refractivity contribution is 5.87. The standard InChI is InChI=1S/C16H19N3O3/c1-11-17-15(22-18-11)13-6-8-19(9-7-13)10-12-2-4-14(5-3-12)16(20)21/h2-5,13H,6-10H2,1H3,(H,20,21). The summed E-state index contributed by atoms with van der Waals surface area (Å²) < 4.78 is 5.26. The van der Waals surface area contributed by atoms with Gasteiger partial charge in [0.05, 0.1) is 5.56 Å². The van der Waals surface area contributed by atoms with Crippen molar-refractivity contribution in [2.75, 3.05) is 13.1 Å². The molecule has 1 aromatic carbocycles. The number of benzene rings is 1. The highest BCUT2D eigenvalue weighted by Gasteiger charge is 2.24. The quantitative estimate of drug-likeness (QED) is 0.934. The predicted molar refractivity (Wildman–Crippen MR) is 79.7 cm³/mol. The normalized spacial score (nSPS) is 16.8. The number of hydrogen-bond acceptors (Lipinski definition) is 5. The third-order valence-electron chi connectivity index (χ3n) is 4.09. The van der Waals surface area contributed by atoms with E-state index >= 15 is 0 Å². The molecule has 0 spiro atoms. The Morgan fingerprint density at radius 3 is 2.55 bits per heavy atom. The van der Waals surface area contributed by atoms with Crippen molar-refractivity contribution in [3.05, 3.63) is 47.1 Å². The molecule has 0 amide bonds. The zero-order chi connectivity index (χ0) is 15.5. The molecule has 22 heavy (non-hydrogen) atoms. The number of carboxylic acid groups (broad SMARTS) is 1. The lowest BCUT2D eigenvalue weighted by Crippen LogP contribution is -2.32. The molecule has 116 valence electrons. The maximum absolute atomic E-state index is 10.8. The number of carboxylic acids is 1. The van der Waals surface area contributed by atoms with Crippen molar-refractivity contribution in [1.82, 2.24) is 15.0 Å². The molecule has 1 fully saturated rings. The van der Waals surface area contributed by atoms with Crippen molar-refractivity contribution >= 4 is 5.97 Å². The van der Waals surface area contributed by atoms with Crippen LogP contribution in [0.25, 0.3) is 0 Å². The number of carbonyl (C=O) groups is 1. The van der Waals surface area contributed by atoms with Crippen molar-refractivity contribution < 1.29 is 14.4 Å². The van der Waals surface area contributed by atoms with Gasteiger partial charge in [-0.15, -0.1) is 0 Å². The molecule has 0 radical (unpaired) electrons. The molecule has 0 atom stereocenters. The summed E-state index contributed by atoms with van der Waals surface area (Å²) in [6, 6.07) is 7.09. The van der Waals surface area contributed by atoms with Crippen molar-refractivity contribution in [2.45, 2.75) is 32.2 Å². The van der Waals surface area contributed by atoms with Crippen LogP contribution in [0.2, 0.25) is 0 Å². The lowest BCUT2D eigenvalue weighted by atomic mass is 9.96. The number of aromatic carboxylic acids is 1. The number of nitrogens with zero attached hydrogens (tertiary/aromatic N) is 3. The molecule has 6 nitrogen and oxygen atoms in total. The molecule has 2 aromatic rings. The molecule has 0 bridgehead atoms. The molecule has 0 saturated carbocycles. The Labute approximate surface area is 128 Å². The minimum absolute atomic E-state index is 0.328. The average Bonchev–Trinajstić information content (AvgIpc) is 2.95. The van der Waals surface area contributed by atoms with E-state index in [0.717, 1.165) is 43.9 Å². The minimum atomic E-state index is -0.887. The fraction of sp³-hybridized carbons (Fsp3) is 0.438. The number of piperidine rings is 1. The Morgan fingerprint density at radius 1 is 1.32 bits per heavy atom. The third kappa shape index (κ3) is 3.33. The van der Waals surface area contributed by atoms with Crippen LogP contribution in [0.15, 0.2) is 28.8 Å². The fourth-order valence-corrected chi connectivity index (χ4v) is 2.83. The van der Waals surface area contributed by atoms with Gasteiger partial charge in [0.15, 0.2) is 5.82 Å². The topological polar surface area (TPSA) is 79.5 Å². The van der Waals surface area contributed by atoms with Gasteiger partial charge in [-0.2, -0.15) is 4.98 Å². The molecule has 3 rings (SSSR count). The van der Waals surface area contributed by atoms with Gasteiger partial charge in [0.2, 0.25) is 5.89 Å². The zero-order valence-electron chi connectivity index (χ0n) is 12.5. The van der Waals surface area contributed by atoms with E-state index in [4.69, 9.17) is 9.63 Å². The van der Waals surface area contributed by atoms with Crippen molar-refractivity contribution in [1.29, 1.82) is 0 Å². The first-order chi connectivity index (χ1) is 10.6. The summed E-state index contributed by atoms with van der Waals surface area (Å²) >= 11 is 0. The van der Waals surface area contributed by atoms with E-state index in [1.807, 2.05) is 19.1 Å². The monoisotopic (exact) mass is 301 g/mol. The largest absolute Gasteiger partial charge is 0.478 e. The molecule has 1 N–H and O–H groups in total. The Bertz CT molecular complexity index is 643. The van der Waals surface area contributed by atoms with Gasteiger partial charge >= 0.3 is 5.97 Å². The second kappa shape index (κ2) is 6.27. The van der Waals surface area contributed by atoms with Crippen LogP contribution in [0.4, 0.5) is 0 Å². The van der Waals surface area contributed by atoms with Gasteiger partial charge < -0.3 is 9.63 Å². The van der Waals surface area contributed by atoms with Crippen LogP contribution < -0.4 is 0 Å². The smallest absolute Gasteiger partial charge is 0.335 e. The summed E-state index contributed by atoms with van der Waals surface area (Å²) in [5.74, 6) is 0.910. The number of aryl methyl sites for hydroxylation is 1. The van der Waals surface area contributed by atoms with Crippen molar-refractivity contribution in [3.8, 4) is 0 Å². The van der Waals surface area contributed by atoms with E-state index in [1.165, 1.54) is 0 Å². The first-order valence-corrected chi connectivity index (χ1v) is 7.46. The van der Waals surface area contributed by atoms with E-state index in [2.05, 4.69) is 15.0 Å². The zero-order valence-corrected chi connectivity index (χ0v) is 12.5. The van der Waals surface area contributed by atoms with Gasteiger partial charge in [0, 0.05) is 12.5 Å². The maximum Gasteiger partial charge on any atom is 0.335 e. The third-order valence-corrected chi connectivity index (χ3v) is 4.09. The van der Waals surface area contributed by atoms with Gasteiger partial charge in [-0.1, -0.05) is 17.3 Å². The van der Waals surface area contributed by atoms with Gasteiger partial charge in [-0.3, -0.25) is 4.90 Å². The number of hydrogen-bond donors (Lipinski definition) is 1. The van der Waals surface area contributed by atoms with Gasteiger partial charge in [0.1, 0.15) is 0 Å². The maximum atomic E-state index is 10.8. The SMILES string of the molecule is Cc1noc(C2CCN(Cc3ccc(C(=O)O)cc3)CC2)n1. The molecular weight excluding hydrogens is 282 g/mol. The molecule has 2 heterocycles. The first-order valence-electron chi connectivity index (χ1n) is 7.46. The van der Waals surface area contributed by atoms with E-state index in [0.29, 0.717) is 17.3 Å². The Balaban J connectivity index is 1.54. The molecule has 6 heteroatoms. The molecular formula is C16H19N3O3. The molecule has 0 unspecified atom stereocenters. The van der Waals surface area contributed by atoms with Crippen molar-refractivity contribution in [2.24, 2.45) is 0 Å². The highest BCUT2D eigenvalue weighted by atomic mass is 16.5. The molecule has 0 aliphatic carbocycles. The average molecular weight is 301 g/mol. The molecule has 1 aliphatic heterocycles. The second-order valence-corrected chi connectivity index (χ2v) is 5.73. The molecule has 1 aliphatic rings. The summed E-state index contributed by atoms with van der Waals surface area (Å²) in [7, 11) is 0. The summed E-state index contributed by atoms with van der Waals surface area (Å²) in [5.41, 5.74) is 1.46. The second-order valence-electron chi connectivity index (χ2n) is 5.73. The Hall–Kier alpha value is -2.21. The van der Waals surface area contributed by atoms with Crippen LogP contribution in [0.5, 0.6) is 0 Å². The van der Waals surface area contributed by atoms with Gasteiger partial charge in [-0.05, 0) is 50.6 Å². The van der Waals surface area contributed by atoms with Gasteiger partial charge in [0.25, 0.3) is 0 Å². The number of likely N-dealkylation sites (tertiary alicyclic amines) is 1. The molecule has 1 saturated heterocycles. The Kier molecular flexibility index (Phi) is 4.20.